The van der Waals surface area contributed by atoms with Crippen LogP contribution in [-0.4, -0.2) is 23.1 Å². The van der Waals surface area contributed by atoms with Crippen LogP contribution in [0.5, 0.6) is 0 Å². The van der Waals surface area contributed by atoms with Crippen LogP contribution in [0.2, 0.25) is 0 Å². The molecule has 0 saturated carbocycles. The molecule has 0 saturated heterocycles. The Kier molecular flexibility index (Phi) is 4.26. The average molecular weight is 299 g/mol. The van der Waals surface area contributed by atoms with Crippen molar-refractivity contribution in [2.75, 3.05) is 0 Å². The summed E-state index contributed by atoms with van der Waals surface area (Å²) >= 11 is 0. The van der Waals surface area contributed by atoms with Gasteiger partial charge in [0.2, 0.25) is 15.9 Å². The molecule has 0 atom stereocenters. The Morgan fingerprint density at radius 1 is 1.50 bits per heavy atom. The molecule has 7 nitrogen and oxygen atoms in total. The van der Waals surface area contributed by atoms with Gasteiger partial charge in [-0.15, -0.1) is 0 Å². The summed E-state index contributed by atoms with van der Waals surface area (Å²) in [7, 11) is -3.65. The third-order valence-electron chi connectivity index (χ3n) is 2.86. The normalized spacial score (nSPS) is 11.9. The number of aromatic nitrogens is 2. The van der Waals surface area contributed by atoms with Crippen LogP contribution in [0.4, 0.5) is 0 Å². The van der Waals surface area contributed by atoms with E-state index >= 15 is 0 Å². The maximum Gasteiger partial charge on any atom is 0.242 e. The molecule has 8 heteroatoms. The van der Waals surface area contributed by atoms with Gasteiger partial charge in [-0.1, -0.05) is 0 Å². The van der Waals surface area contributed by atoms with Crippen LogP contribution in [0.3, 0.4) is 0 Å². The first-order valence-corrected chi connectivity index (χ1v) is 7.65. The van der Waals surface area contributed by atoms with Gasteiger partial charge in [0.15, 0.2) is 0 Å². The van der Waals surface area contributed by atoms with Gasteiger partial charge in [0.25, 0.3) is 0 Å². The number of aliphatic hydroxyl groups is 1. The first-order valence-electron chi connectivity index (χ1n) is 6.17. The molecule has 110 valence electrons. The predicted molar refractivity (Wildman–Crippen MR) is 71.3 cm³/mol. The topological polar surface area (TPSA) is 97.4 Å². The SMILES string of the molecule is CCn1cc(S(=O)(=O)NCc2ncc(C)o2)cc1CO. The zero-order valence-corrected chi connectivity index (χ0v) is 12.1. The Labute approximate surface area is 117 Å². The molecule has 0 radical (unpaired) electrons. The number of aryl methyl sites for hydroxylation is 2. The number of oxazole rings is 1. The van der Waals surface area contributed by atoms with Crippen molar-refractivity contribution in [3.8, 4) is 0 Å². The summed E-state index contributed by atoms with van der Waals surface area (Å²) in [5.74, 6) is 0.933. The Balaban J connectivity index is 2.15. The summed E-state index contributed by atoms with van der Waals surface area (Å²) in [6.07, 6.45) is 3.02. The molecule has 2 rings (SSSR count). The van der Waals surface area contributed by atoms with Gasteiger partial charge in [-0.2, -0.15) is 0 Å². The van der Waals surface area contributed by atoms with Crippen molar-refractivity contribution in [1.29, 1.82) is 0 Å². The maximum absolute atomic E-state index is 12.1. The predicted octanol–water partition coefficient (Wildman–Crippen LogP) is 0.775. The molecule has 0 amide bonds. The van der Waals surface area contributed by atoms with Crippen LogP contribution >= 0.6 is 0 Å². The lowest BCUT2D eigenvalue weighted by Gasteiger charge is -2.02. The fraction of sp³-hybridized carbons (Fsp3) is 0.417. The van der Waals surface area contributed by atoms with Crippen LogP contribution in [0.1, 0.15) is 24.3 Å². The minimum atomic E-state index is -3.65. The molecule has 0 aliphatic carbocycles. The Morgan fingerprint density at radius 2 is 2.25 bits per heavy atom. The fourth-order valence-corrected chi connectivity index (χ4v) is 2.86. The number of hydrogen-bond acceptors (Lipinski definition) is 5. The van der Waals surface area contributed by atoms with Gasteiger partial charge in [0.1, 0.15) is 5.76 Å². The number of hydrogen-bond donors (Lipinski definition) is 2. The van der Waals surface area contributed by atoms with Gasteiger partial charge < -0.3 is 14.1 Å². The summed E-state index contributed by atoms with van der Waals surface area (Å²) in [6.45, 7) is 3.98. The highest BCUT2D eigenvalue weighted by Gasteiger charge is 2.18. The number of rotatable bonds is 6. The summed E-state index contributed by atoms with van der Waals surface area (Å²) in [5.41, 5.74) is 0.555. The van der Waals surface area contributed by atoms with E-state index < -0.39 is 10.0 Å². The van der Waals surface area contributed by atoms with Crippen LogP contribution in [0.15, 0.2) is 27.8 Å². The zero-order valence-electron chi connectivity index (χ0n) is 11.3. The summed E-state index contributed by atoms with van der Waals surface area (Å²) in [4.78, 5) is 4.05. The lowest BCUT2D eigenvalue weighted by atomic mass is 10.4. The molecule has 0 aliphatic rings. The highest BCUT2D eigenvalue weighted by atomic mass is 32.2. The van der Waals surface area contributed by atoms with Crippen LogP contribution < -0.4 is 4.72 Å². The van der Waals surface area contributed by atoms with E-state index in [-0.39, 0.29) is 18.0 Å². The van der Waals surface area contributed by atoms with Gasteiger partial charge in [0.05, 0.1) is 24.2 Å². The first kappa shape index (κ1) is 14.8. The van der Waals surface area contributed by atoms with E-state index in [1.54, 1.807) is 11.5 Å². The summed E-state index contributed by atoms with van der Waals surface area (Å²) in [6, 6.07) is 1.45. The summed E-state index contributed by atoms with van der Waals surface area (Å²) in [5, 5.41) is 9.18. The molecule has 2 heterocycles. The highest BCUT2D eigenvalue weighted by molar-refractivity contribution is 7.89. The van der Waals surface area contributed by atoms with E-state index in [0.29, 0.717) is 23.9 Å². The molecule has 0 bridgehead atoms. The summed E-state index contributed by atoms with van der Waals surface area (Å²) < 4.78 is 33.6. The Bertz CT molecular complexity index is 666. The van der Waals surface area contributed by atoms with Gasteiger partial charge >= 0.3 is 0 Å². The van der Waals surface area contributed by atoms with E-state index in [9.17, 15) is 13.5 Å². The number of sulfonamides is 1. The van der Waals surface area contributed by atoms with Gasteiger partial charge in [-0.25, -0.2) is 18.1 Å². The maximum atomic E-state index is 12.1. The average Bonchev–Trinajstić information content (AvgIpc) is 3.02. The van der Waals surface area contributed by atoms with E-state index in [1.807, 2.05) is 6.92 Å². The largest absolute Gasteiger partial charge is 0.445 e. The van der Waals surface area contributed by atoms with Crippen molar-refractivity contribution < 1.29 is 17.9 Å². The molecular formula is C12H17N3O4S. The third-order valence-corrected chi connectivity index (χ3v) is 4.22. The zero-order chi connectivity index (χ0) is 14.8. The van der Waals surface area contributed by atoms with Crippen LogP contribution in [-0.2, 0) is 29.7 Å². The van der Waals surface area contributed by atoms with Crippen LogP contribution in [0, 0.1) is 6.92 Å². The molecule has 0 spiro atoms. The van der Waals surface area contributed by atoms with Crippen molar-refractivity contribution >= 4 is 10.0 Å². The highest BCUT2D eigenvalue weighted by Crippen LogP contribution is 2.15. The van der Waals surface area contributed by atoms with Crippen molar-refractivity contribution in [2.45, 2.75) is 38.4 Å². The molecule has 0 unspecified atom stereocenters. The molecule has 2 N–H and O–H groups in total. The second-order valence-electron chi connectivity index (χ2n) is 4.30. The quantitative estimate of drug-likeness (QED) is 0.821. The minimum absolute atomic E-state index is 0.0120. The van der Waals surface area contributed by atoms with Gasteiger partial charge in [0, 0.05) is 18.4 Å². The number of nitrogens with zero attached hydrogens (tertiary/aromatic N) is 2. The molecule has 0 aromatic carbocycles. The molecule has 0 aliphatic heterocycles. The first-order chi connectivity index (χ1) is 9.46. The smallest absolute Gasteiger partial charge is 0.242 e. The molecule has 2 aromatic rings. The van der Waals surface area contributed by atoms with Gasteiger partial charge in [-0.3, -0.25) is 0 Å². The standard InChI is InChI=1S/C12H17N3O4S/c1-3-15-7-11(4-10(15)8-16)20(17,18)14-6-12-13-5-9(2)19-12/h4-5,7,14,16H,3,6,8H2,1-2H3. The molecule has 0 fully saturated rings. The van der Waals surface area contributed by atoms with E-state index in [4.69, 9.17) is 4.42 Å². The lowest BCUT2D eigenvalue weighted by molar-refractivity contribution is 0.271. The van der Waals surface area contributed by atoms with Crippen molar-refractivity contribution in [3.63, 3.8) is 0 Å². The van der Waals surface area contributed by atoms with Crippen molar-refractivity contribution in [1.82, 2.24) is 14.3 Å². The second kappa shape index (κ2) is 5.78. The van der Waals surface area contributed by atoms with E-state index in [1.165, 1.54) is 18.5 Å². The molecular weight excluding hydrogens is 282 g/mol. The third kappa shape index (κ3) is 3.09. The van der Waals surface area contributed by atoms with E-state index in [2.05, 4.69) is 9.71 Å². The van der Waals surface area contributed by atoms with Crippen molar-refractivity contribution in [3.05, 3.63) is 35.8 Å². The van der Waals surface area contributed by atoms with Crippen LogP contribution in [0.25, 0.3) is 0 Å². The van der Waals surface area contributed by atoms with E-state index in [0.717, 1.165) is 0 Å². The minimum Gasteiger partial charge on any atom is -0.445 e. The number of aliphatic hydroxyl groups excluding tert-OH is 1. The Hall–Kier alpha value is -1.64. The lowest BCUT2D eigenvalue weighted by Crippen LogP contribution is -2.23. The molecule has 20 heavy (non-hydrogen) atoms. The Morgan fingerprint density at radius 3 is 2.75 bits per heavy atom. The second-order valence-corrected chi connectivity index (χ2v) is 6.07. The number of nitrogens with one attached hydrogen (secondary N) is 1. The van der Waals surface area contributed by atoms with Gasteiger partial charge in [-0.05, 0) is 19.9 Å². The monoisotopic (exact) mass is 299 g/mol. The fourth-order valence-electron chi connectivity index (χ4n) is 1.82. The van der Waals surface area contributed by atoms with Crippen molar-refractivity contribution in [2.24, 2.45) is 0 Å². The molecule has 2 aromatic heterocycles.